The molecule has 0 bridgehead atoms. The summed E-state index contributed by atoms with van der Waals surface area (Å²) in [6, 6.07) is 2.30. The van der Waals surface area contributed by atoms with Crippen LogP contribution in [0.2, 0.25) is 0 Å². The van der Waals surface area contributed by atoms with Crippen LogP contribution in [0.15, 0.2) is 15.9 Å². The minimum Gasteiger partial charge on any atom is -0.334 e. The van der Waals surface area contributed by atoms with Crippen LogP contribution in [0.1, 0.15) is 29.4 Å². The molecule has 2 heterocycles. The summed E-state index contributed by atoms with van der Waals surface area (Å²) in [5.41, 5.74) is 0. The van der Waals surface area contributed by atoms with Crippen molar-refractivity contribution >= 4 is 45.6 Å². The third-order valence-corrected chi connectivity index (χ3v) is 4.84. The second-order valence-corrected chi connectivity index (χ2v) is 6.01. The molecule has 1 fully saturated rings. The molecule has 2 rings (SSSR count). The minimum atomic E-state index is 0. The zero-order valence-electron chi connectivity index (χ0n) is 10.3. The predicted molar refractivity (Wildman–Crippen MR) is 81.9 cm³/mol. The third-order valence-electron chi connectivity index (χ3n) is 3.01. The molecule has 0 radical (unpaired) electrons. The fourth-order valence-corrected chi connectivity index (χ4v) is 3.67. The normalized spacial score (nSPS) is 18.4. The number of halogens is 2. The molecule has 0 spiro atoms. The lowest BCUT2D eigenvalue weighted by Gasteiger charge is -2.27. The first-order chi connectivity index (χ1) is 8.24. The van der Waals surface area contributed by atoms with Crippen LogP contribution in [0.5, 0.6) is 0 Å². The van der Waals surface area contributed by atoms with E-state index in [1.807, 2.05) is 16.3 Å². The van der Waals surface area contributed by atoms with Gasteiger partial charge >= 0.3 is 0 Å². The molecule has 1 aliphatic heterocycles. The topological polar surface area (TPSA) is 32.3 Å². The Kier molecular flexibility index (Phi) is 6.63. The molecule has 102 valence electrons. The zero-order valence-corrected chi connectivity index (χ0v) is 13.5. The second kappa shape index (κ2) is 7.48. The van der Waals surface area contributed by atoms with Gasteiger partial charge in [-0.15, -0.1) is 23.7 Å². The molecule has 1 aromatic heterocycles. The first-order valence-electron chi connectivity index (χ1n) is 5.98. The molecule has 1 unspecified atom stereocenters. The van der Waals surface area contributed by atoms with E-state index in [0.717, 1.165) is 41.8 Å². The van der Waals surface area contributed by atoms with Gasteiger partial charge in [0.05, 0.1) is 0 Å². The standard InChI is InChI=1S/C12H17BrN2OS.ClH/c1-2-6-15(9-3-5-14-8-9)12(16)11-10(13)4-7-17-11;/h4,7,9,14H,2-3,5-6,8H2,1H3;1H. The van der Waals surface area contributed by atoms with Crippen LogP contribution in [0.4, 0.5) is 0 Å². The summed E-state index contributed by atoms with van der Waals surface area (Å²) >= 11 is 4.95. The monoisotopic (exact) mass is 352 g/mol. The van der Waals surface area contributed by atoms with Crippen molar-refractivity contribution in [1.82, 2.24) is 10.2 Å². The van der Waals surface area contributed by atoms with Crippen LogP contribution in [0.3, 0.4) is 0 Å². The van der Waals surface area contributed by atoms with Crippen LogP contribution < -0.4 is 5.32 Å². The predicted octanol–water partition coefficient (Wildman–Crippen LogP) is 3.15. The molecule has 6 heteroatoms. The molecule has 1 amide bonds. The van der Waals surface area contributed by atoms with E-state index in [0.29, 0.717) is 6.04 Å². The Balaban J connectivity index is 0.00000162. The maximum Gasteiger partial charge on any atom is 0.265 e. The van der Waals surface area contributed by atoms with E-state index in [-0.39, 0.29) is 18.3 Å². The van der Waals surface area contributed by atoms with E-state index < -0.39 is 0 Å². The molecule has 0 aliphatic carbocycles. The average molecular weight is 354 g/mol. The van der Waals surface area contributed by atoms with Crippen molar-refractivity contribution < 1.29 is 4.79 Å². The first-order valence-corrected chi connectivity index (χ1v) is 7.66. The van der Waals surface area contributed by atoms with Crippen molar-refractivity contribution in [2.45, 2.75) is 25.8 Å². The van der Waals surface area contributed by atoms with E-state index in [4.69, 9.17) is 0 Å². The Morgan fingerprint density at radius 1 is 1.67 bits per heavy atom. The van der Waals surface area contributed by atoms with Gasteiger partial charge in [-0.1, -0.05) is 6.92 Å². The van der Waals surface area contributed by atoms with Gasteiger partial charge in [0.2, 0.25) is 0 Å². The maximum atomic E-state index is 12.5. The smallest absolute Gasteiger partial charge is 0.265 e. The highest BCUT2D eigenvalue weighted by Gasteiger charge is 2.28. The van der Waals surface area contributed by atoms with E-state index in [1.54, 1.807) is 0 Å². The summed E-state index contributed by atoms with van der Waals surface area (Å²) in [5.74, 6) is 0.169. The number of carbonyl (C=O) groups is 1. The Labute approximate surface area is 126 Å². The Bertz CT molecular complexity index is 393. The van der Waals surface area contributed by atoms with Crippen molar-refractivity contribution in [3.05, 3.63) is 20.8 Å². The van der Waals surface area contributed by atoms with Crippen molar-refractivity contribution in [2.75, 3.05) is 19.6 Å². The number of carbonyl (C=O) groups excluding carboxylic acids is 1. The van der Waals surface area contributed by atoms with Crippen molar-refractivity contribution in [2.24, 2.45) is 0 Å². The van der Waals surface area contributed by atoms with E-state index in [2.05, 4.69) is 28.2 Å². The highest BCUT2D eigenvalue weighted by Crippen LogP contribution is 2.25. The molecule has 1 saturated heterocycles. The van der Waals surface area contributed by atoms with Crippen molar-refractivity contribution in [3.8, 4) is 0 Å². The molecule has 1 aliphatic rings. The van der Waals surface area contributed by atoms with Crippen LogP contribution in [0, 0.1) is 0 Å². The molecule has 1 aromatic rings. The zero-order chi connectivity index (χ0) is 12.3. The van der Waals surface area contributed by atoms with E-state index >= 15 is 0 Å². The van der Waals surface area contributed by atoms with Crippen molar-refractivity contribution in [1.29, 1.82) is 0 Å². The molecular formula is C12H18BrClN2OS. The van der Waals surface area contributed by atoms with Gasteiger partial charge in [0.15, 0.2) is 0 Å². The molecule has 3 nitrogen and oxygen atoms in total. The Morgan fingerprint density at radius 3 is 2.94 bits per heavy atom. The lowest BCUT2D eigenvalue weighted by Crippen LogP contribution is -2.41. The van der Waals surface area contributed by atoms with E-state index in [1.165, 1.54) is 11.3 Å². The van der Waals surface area contributed by atoms with Gasteiger partial charge in [0, 0.05) is 23.6 Å². The van der Waals surface area contributed by atoms with E-state index in [9.17, 15) is 4.79 Å². The molecule has 0 aromatic carbocycles. The summed E-state index contributed by atoms with van der Waals surface area (Å²) in [7, 11) is 0. The molecule has 0 saturated carbocycles. The van der Waals surface area contributed by atoms with Gasteiger partial charge < -0.3 is 10.2 Å². The van der Waals surface area contributed by atoms with Crippen LogP contribution in [-0.2, 0) is 0 Å². The first kappa shape index (κ1) is 16.0. The summed E-state index contributed by atoms with van der Waals surface area (Å²) < 4.78 is 0.916. The molecular weight excluding hydrogens is 336 g/mol. The Hall–Kier alpha value is -0.100. The third kappa shape index (κ3) is 3.47. The maximum absolute atomic E-state index is 12.5. The number of thiophene rings is 1. The number of amides is 1. The number of nitrogens with zero attached hydrogens (tertiary/aromatic N) is 1. The van der Waals surface area contributed by atoms with Gasteiger partial charge in [-0.3, -0.25) is 4.79 Å². The molecule has 1 N–H and O–H groups in total. The quantitative estimate of drug-likeness (QED) is 0.902. The average Bonchev–Trinajstić information content (AvgIpc) is 2.95. The largest absolute Gasteiger partial charge is 0.334 e. The summed E-state index contributed by atoms with van der Waals surface area (Å²) in [4.78, 5) is 15.3. The van der Waals surface area contributed by atoms with Crippen LogP contribution in [0.25, 0.3) is 0 Å². The fraction of sp³-hybridized carbons (Fsp3) is 0.583. The van der Waals surface area contributed by atoms with Gasteiger partial charge in [0.25, 0.3) is 5.91 Å². The number of hydrogen-bond donors (Lipinski definition) is 1. The highest BCUT2D eigenvalue weighted by molar-refractivity contribution is 9.10. The van der Waals surface area contributed by atoms with Crippen LogP contribution >= 0.6 is 39.7 Å². The van der Waals surface area contributed by atoms with Crippen molar-refractivity contribution in [3.63, 3.8) is 0 Å². The van der Waals surface area contributed by atoms with Gasteiger partial charge in [-0.05, 0) is 46.8 Å². The summed E-state index contributed by atoms with van der Waals surface area (Å²) in [6.45, 7) is 4.90. The summed E-state index contributed by atoms with van der Waals surface area (Å²) in [5, 5.41) is 5.28. The summed E-state index contributed by atoms with van der Waals surface area (Å²) in [6.07, 6.45) is 2.07. The fourth-order valence-electron chi connectivity index (χ4n) is 2.17. The Morgan fingerprint density at radius 2 is 2.44 bits per heavy atom. The van der Waals surface area contributed by atoms with Gasteiger partial charge in [-0.25, -0.2) is 0 Å². The van der Waals surface area contributed by atoms with Gasteiger partial charge in [-0.2, -0.15) is 0 Å². The molecule has 18 heavy (non-hydrogen) atoms. The SMILES string of the molecule is CCCN(C(=O)c1sccc1Br)C1CCNC1.Cl. The number of rotatable bonds is 4. The number of nitrogens with one attached hydrogen (secondary N) is 1. The van der Waals surface area contributed by atoms with Gasteiger partial charge in [0.1, 0.15) is 4.88 Å². The number of hydrogen-bond acceptors (Lipinski definition) is 3. The lowest BCUT2D eigenvalue weighted by molar-refractivity contribution is 0.0696. The lowest BCUT2D eigenvalue weighted by atomic mass is 10.2. The second-order valence-electron chi connectivity index (χ2n) is 4.24. The highest BCUT2D eigenvalue weighted by atomic mass is 79.9. The minimum absolute atomic E-state index is 0. The molecule has 1 atom stereocenters. The van der Waals surface area contributed by atoms with Crippen LogP contribution in [-0.4, -0.2) is 36.5 Å².